The number of ether oxygens (including phenoxy) is 2. The molecule has 19 heavy (non-hydrogen) atoms. The molecule has 0 spiro atoms. The Morgan fingerprint density at radius 2 is 1.42 bits per heavy atom. The van der Waals surface area contributed by atoms with Gasteiger partial charge in [0, 0.05) is 11.1 Å². The third-order valence-electron chi connectivity index (χ3n) is 3.24. The van der Waals surface area contributed by atoms with Crippen molar-refractivity contribution < 1.29 is 9.47 Å². The van der Waals surface area contributed by atoms with Crippen LogP contribution < -0.4 is 0 Å². The Bertz CT molecular complexity index is 593. The zero-order valence-electron chi connectivity index (χ0n) is 10.4. The van der Waals surface area contributed by atoms with Crippen LogP contribution in [0.25, 0.3) is 0 Å². The fourth-order valence-electron chi connectivity index (χ4n) is 2.33. The third kappa shape index (κ3) is 2.01. The lowest BCUT2D eigenvalue weighted by molar-refractivity contribution is -0.129. The molecule has 1 heterocycles. The van der Waals surface area contributed by atoms with Crippen molar-refractivity contribution in [2.75, 3.05) is 13.2 Å². The van der Waals surface area contributed by atoms with Crippen molar-refractivity contribution in [2.45, 2.75) is 5.79 Å². The summed E-state index contributed by atoms with van der Waals surface area (Å²) in [7, 11) is 0. The molecule has 0 unspecified atom stereocenters. The van der Waals surface area contributed by atoms with Gasteiger partial charge in [0.2, 0.25) is 5.79 Å². The molecule has 0 saturated carbocycles. The molecule has 2 aromatic carbocycles. The SMILES string of the molecule is N#Cc1ccc(C2(c3ccccc3)OCCO2)cc1. The van der Waals surface area contributed by atoms with Gasteiger partial charge in [0.15, 0.2) is 0 Å². The van der Waals surface area contributed by atoms with Crippen molar-refractivity contribution in [2.24, 2.45) is 0 Å². The van der Waals surface area contributed by atoms with Gasteiger partial charge in [-0.3, -0.25) is 0 Å². The quantitative estimate of drug-likeness (QED) is 0.824. The van der Waals surface area contributed by atoms with E-state index in [9.17, 15) is 0 Å². The van der Waals surface area contributed by atoms with Crippen LogP contribution in [0, 0.1) is 11.3 Å². The second kappa shape index (κ2) is 4.85. The van der Waals surface area contributed by atoms with Crippen LogP contribution in [0.3, 0.4) is 0 Å². The molecule has 0 atom stereocenters. The van der Waals surface area contributed by atoms with Gasteiger partial charge in [-0.2, -0.15) is 5.26 Å². The molecule has 0 aliphatic carbocycles. The Labute approximate surface area is 112 Å². The zero-order chi connectivity index (χ0) is 13.1. The van der Waals surface area contributed by atoms with Crippen LogP contribution in [-0.4, -0.2) is 13.2 Å². The molecule has 3 rings (SSSR count). The molecule has 1 aliphatic rings. The summed E-state index contributed by atoms with van der Waals surface area (Å²) in [5.41, 5.74) is 2.51. The van der Waals surface area contributed by atoms with Gasteiger partial charge in [-0.15, -0.1) is 0 Å². The lowest BCUT2D eigenvalue weighted by Crippen LogP contribution is -2.28. The van der Waals surface area contributed by atoms with E-state index in [-0.39, 0.29) is 0 Å². The minimum atomic E-state index is -0.838. The smallest absolute Gasteiger partial charge is 0.222 e. The molecular weight excluding hydrogens is 238 g/mol. The molecular formula is C16H13NO2. The van der Waals surface area contributed by atoms with E-state index in [2.05, 4.69) is 6.07 Å². The summed E-state index contributed by atoms with van der Waals surface area (Å²) < 4.78 is 11.8. The predicted molar refractivity (Wildman–Crippen MR) is 70.3 cm³/mol. The zero-order valence-corrected chi connectivity index (χ0v) is 10.4. The van der Waals surface area contributed by atoms with E-state index in [4.69, 9.17) is 14.7 Å². The summed E-state index contributed by atoms with van der Waals surface area (Å²) in [6, 6.07) is 19.3. The van der Waals surface area contributed by atoms with Crippen molar-refractivity contribution in [3.63, 3.8) is 0 Å². The van der Waals surface area contributed by atoms with Crippen LogP contribution in [0.2, 0.25) is 0 Å². The molecule has 94 valence electrons. The Balaban J connectivity index is 2.08. The van der Waals surface area contributed by atoms with E-state index < -0.39 is 5.79 Å². The molecule has 0 bridgehead atoms. The highest BCUT2D eigenvalue weighted by atomic mass is 16.7. The summed E-state index contributed by atoms with van der Waals surface area (Å²) in [5, 5.41) is 8.86. The maximum absolute atomic E-state index is 8.86. The lowest BCUT2D eigenvalue weighted by Gasteiger charge is -2.28. The minimum Gasteiger partial charge on any atom is -0.340 e. The molecule has 0 amide bonds. The molecule has 3 heteroatoms. The number of hydrogen-bond acceptors (Lipinski definition) is 3. The van der Waals surface area contributed by atoms with Crippen LogP contribution in [0.4, 0.5) is 0 Å². The molecule has 1 aliphatic heterocycles. The van der Waals surface area contributed by atoms with Crippen LogP contribution in [0.5, 0.6) is 0 Å². The Kier molecular flexibility index (Phi) is 3.04. The van der Waals surface area contributed by atoms with E-state index in [1.807, 2.05) is 42.5 Å². The number of benzene rings is 2. The first-order chi connectivity index (χ1) is 9.35. The van der Waals surface area contributed by atoms with Crippen LogP contribution in [0.15, 0.2) is 54.6 Å². The average molecular weight is 251 g/mol. The number of hydrogen-bond donors (Lipinski definition) is 0. The normalized spacial score (nSPS) is 17.0. The van der Waals surface area contributed by atoms with Gasteiger partial charge in [0.05, 0.1) is 24.8 Å². The predicted octanol–water partition coefficient (Wildman–Crippen LogP) is 2.81. The van der Waals surface area contributed by atoms with Crippen molar-refractivity contribution in [1.82, 2.24) is 0 Å². The first-order valence-electron chi connectivity index (χ1n) is 6.19. The van der Waals surface area contributed by atoms with E-state index in [1.165, 1.54) is 0 Å². The third-order valence-corrected chi connectivity index (χ3v) is 3.24. The molecule has 1 fully saturated rings. The van der Waals surface area contributed by atoms with Crippen LogP contribution in [-0.2, 0) is 15.3 Å². The van der Waals surface area contributed by atoms with Crippen molar-refractivity contribution >= 4 is 0 Å². The summed E-state index contributed by atoms with van der Waals surface area (Å²) in [5.74, 6) is -0.838. The number of nitrogens with zero attached hydrogens (tertiary/aromatic N) is 1. The van der Waals surface area contributed by atoms with Gasteiger partial charge in [-0.05, 0) is 12.1 Å². The van der Waals surface area contributed by atoms with E-state index >= 15 is 0 Å². The summed E-state index contributed by atoms with van der Waals surface area (Å²) >= 11 is 0. The fraction of sp³-hybridized carbons (Fsp3) is 0.188. The molecule has 1 saturated heterocycles. The largest absolute Gasteiger partial charge is 0.340 e. The highest BCUT2D eigenvalue weighted by Crippen LogP contribution is 2.38. The fourth-order valence-corrected chi connectivity index (χ4v) is 2.33. The lowest BCUT2D eigenvalue weighted by atomic mass is 9.96. The molecule has 0 radical (unpaired) electrons. The van der Waals surface area contributed by atoms with Gasteiger partial charge in [0.25, 0.3) is 0 Å². The standard InChI is InChI=1S/C16H13NO2/c17-12-13-6-8-15(9-7-13)16(18-10-11-19-16)14-4-2-1-3-5-14/h1-9H,10-11H2. The highest BCUT2D eigenvalue weighted by molar-refractivity contribution is 5.39. The van der Waals surface area contributed by atoms with E-state index in [0.717, 1.165) is 11.1 Å². The Morgan fingerprint density at radius 3 is 2.00 bits per heavy atom. The topological polar surface area (TPSA) is 42.2 Å². The van der Waals surface area contributed by atoms with E-state index in [1.54, 1.807) is 12.1 Å². The van der Waals surface area contributed by atoms with Gasteiger partial charge in [-0.1, -0.05) is 42.5 Å². The van der Waals surface area contributed by atoms with Gasteiger partial charge >= 0.3 is 0 Å². The van der Waals surface area contributed by atoms with Crippen LogP contribution >= 0.6 is 0 Å². The first-order valence-corrected chi connectivity index (χ1v) is 6.19. The van der Waals surface area contributed by atoms with Gasteiger partial charge < -0.3 is 9.47 Å². The summed E-state index contributed by atoms with van der Waals surface area (Å²) in [4.78, 5) is 0. The van der Waals surface area contributed by atoms with Crippen molar-refractivity contribution in [1.29, 1.82) is 5.26 Å². The Morgan fingerprint density at radius 1 is 0.842 bits per heavy atom. The first kappa shape index (κ1) is 11.9. The minimum absolute atomic E-state index is 0.564. The molecule has 0 aromatic heterocycles. The maximum Gasteiger partial charge on any atom is 0.222 e. The molecule has 2 aromatic rings. The average Bonchev–Trinajstić information content (AvgIpc) is 2.99. The monoisotopic (exact) mass is 251 g/mol. The number of nitriles is 1. The summed E-state index contributed by atoms with van der Waals surface area (Å²) in [6.45, 7) is 1.13. The highest BCUT2D eigenvalue weighted by Gasteiger charge is 2.40. The Hall–Kier alpha value is -2.15. The van der Waals surface area contributed by atoms with Crippen molar-refractivity contribution in [3.8, 4) is 6.07 Å². The van der Waals surface area contributed by atoms with Gasteiger partial charge in [-0.25, -0.2) is 0 Å². The van der Waals surface area contributed by atoms with E-state index in [0.29, 0.717) is 18.8 Å². The summed E-state index contributed by atoms with van der Waals surface area (Å²) in [6.07, 6.45) is 0. The molecule has 3 nitrogen and oxygen atoms in total. The van der Waals surface area contributed by atoms with Gasteiger partial charge in [0.1, 0.15) is 0 Å². The number of rotatable bonds is 2. The second-order valence-electron chi connectivity index (χ2n) is 4.37. The van der Waals surface area contributed by atoms with Crippen molar-refractivity contribution in [3.05, 3.63) is 71.3 Å². The van der Waals surface area contributed by atoms with Crippen LogP contribution in [0.1, 0.15) is 16.7 Å². The maximum atomic E-state index is 8.86. The molecule has 0 N–H and O–H groups in total. The second-order valence-corrected chi connectivity index (χ2v) is 4.37.